The molecule has 3 heterocycles. The maximum atomic E-state index is 12.9. The summed E-state index contributed by atoms with van der Waals surface area (Å²) in [6, 6.07) is 5.45. The van der Waals surface area contributed by atoms with E-state index in [1.807, 2.05) is 56.0 Å². The lowest BCUT2D eigenvalue weighted by atomic mass is 10.0. The van der Waals surface area contributed by atoms with Gasteiger partial charge in [0.25, 0.3) is 0 Å². The molecule has 1 saturated heterocycles. The van der Waals surface area contributed by atoms with E-state index < -0.39 is 12.2 Å². The van der Waals surface area contributed by atoms with Crippen LogP contribution in [0.4, 0.5) is 21.0 Å². The third-order valence-electron chi connectivity index (χ3n) is 5.92. The van der Waals surface area contributed by atoms with Crippen molar-refractivity contribution < 1.29 is 19.1 Å². The van der Waals surface area contributed by atoms with Crippen LogP contribution in [0.3, 0.4) is 0 Å². The molecule has 0 saturated carbocycles. The van der Waals surface area contributed by atoms with Crippen LogP contribution in [0.2, 0.25) is 0 Å². The molecule has 0 radical (unpaired) electrons. The molecule has 32 heavy (non-hydrogen) atoms. The van der Waals surface area contributed by atoms with E-state index in [1.54, 1.807) is 9.80 Å². The Kier molecular flexibility index (Phi) is 6.36. The van der Waals surface area contributed by atoms with Crippen LogP contribution < -0.4 is 15.1 Å². The summed E-state index contributed by atoms with van der Waals surface area (Å²) < 4.78 is 12.4. The summed E-state index contributed by atoms with van der Waals surface area (Å²) in [5.41, 5.74) is 3.11. The highest BCUT2D eigenvalue weighted by atomic mass is 16.6. The number of benzene rings is 1. The van der Waals surface area contributed by atoms with Crippen LogP contribution in [0.5, 0.6) is 0 Å². The number of fused-ring (bicyclic) bond motifs is 1. The summed E-state index contributed by atoms with van der Waals surface area (Å²) in [6.45, 7) is 8.77. The van der Waals surface area contributed by atoms with E-state index in [2.05, 4.69) is 10.4 Å². The molecule has 2 atom stereocenters. The van der Waals surface area contributed by atoms with Crippen molar-refractivity contribution >= 4 is 23.6 Å². The van der Waals surface area contributed by atoms with Crippen molar-refractivity contribution in [1.82, 2.24) is 15.1 Å². The quantitative estimate of drug-likeness (QED) is 0.781. The second kappa shape index (κ2) is 9.20. The molecular weight excluding hydrogens is 410 g/mol. The van der Waals surface area contributed by atoms with Crippen molar-refractivity contribution in [3.63, 3.8) is 0 Å². The second-order valence-corrected chi connectivity index (χ2v) is 8.75. The Balaban J connectivity index is 1.68. The number of rotatable bonds is 4. The molecule has 1 fully saturated rings. The van der Waals surface area contributed by atoms with Gasteiger partial charge in [-0.15, -0.1) is 0 Å². The van der Waals surface area contributed by atoms with E-state index in [9.17, 15) is 9.59 Å². The van der Waals surface area contributed by atoms with Crippen LogP contribution in [0.25, 0.3) is 11.1 Å². The van der Waals surface area contributed by atoms with Gasteiger partial charge in [-0.05, 0) is 63.9 Å². The Bertz CT molecular complexity index is 983. The fraction of sp³-hybridized carbons (Fsp3) is 0.522. The van der Waals surface area contributed by atoms with Crippen LogP contribution in [0, 0.1) is 5.92 Å². The van der Waals surface area contributed by atoms with Crippen LogP contribution in [-0.2, 0) is 16.0 Å². The number of nitrogens with zero attached hydrogens (tertiary/aromatic N) is 4. The van der Waals surface area contributed by atoms with Crippen LogP contribution in [0.1, 0.15) is 27.2 Å². The summed E-state index contributed by atoms with van der Waals surface area (Å²) in [5.74, 6) is 0.586. The molecule has 2 aromatic rings. The summed E-state index contributed by atoms with van der Waals surface area (Å²) >= 11 is 0. The molecule has 1 aromatic carbocycles. The summed E-state index contributed by atoms with van der Waals surface area (Å²) in [5, 5.41) is 7.91. The number of carbonyl (C=O) groups is 2. The normalized spacial score (nSPS) is 20.4. The molecule has 0 aliphatic carbocycles. The van der Waals surface area contributed by atoms with E-state index in [-0.39, 0.29) is 12.1 Å². The maximum Gasteiger partial charge on any atom is 0.414 e. The molecule has 9 nitrogen and oxygen atoms in total. The first-order valence-electron chi connectivity index (χ1n) is 11.1. The van der Waals surface area contributed by atoms with Crippen LogP contribution >= 0.6 is 0 Å². The first-order chi connectivity index (χ1) is 15.4. The predicted octanol–water partition coefficient (Wildman–Crippen LogP) is 3.49. The number of nitrogens with one attached hydrogen (secondary N) is 1. The van der Waals surface area contributed by atoms with Crippen molar-refractivity contribution in [3.8, 4) is 11.1 Å². The van der Waals surface area contributed by atoms with Gasteiger partial charge in [0, 0.05) is 18.3 Å². The lowest BCUT2D eigenvalue weighted by Crippen LogP contribution is -2.52. The average molecular weight is 442 g/mol. The van der Waals surface area contributed by atoms with Gasteiger partial charge in [-0.3, -0.25) is 14.5 Å². The van der Waals surface area contributed by atoms with Gasteiger partial charge in [0.1, 0.15) is 0 Å². The zero-order valence-electron chi connectivity index (χ0n) is 19.1. The average Bonchev–Trinajstić information content (AvgIpc) is 3.44. The minimum atomic E-state index is -0.457. The molecule has 4 rings (SSSR count). The van der Waals surface area contributed by atoms with E-state index in [0.717, 1.165) is 37.2 Å². The Morgan fingerprint density at radius 3 is 2.72 bits per heavy atom. The van der Waals surface area contributed by atoms with Gasteiger partial charge in [-0.1, -0.05) is 6.07 Å². The van der Waals surface area contributed by atoms with Gasteiger partial charge >= 0.3 is 12.2 Å². The van der Waals surface area contributed by atoms with Crippen molar-refractivity contribution in [2.45, 2.75) is 45.9 Å². The van der Waals surface area contributed by atoms with Crippen molar-refractivity contribution in [2.75, 3.05) is 36.5 Å². The maximum absolute atomic E-state index is 12.9. The van der Waals surface area contributed by atoms with Gasteiger partial charge in [-0.2, -0.15) is 5.10 Å². The highest BCUT2D eigenvalue weighted by Crippen LogP contribution is 2.39. The van der Waals surface area contributed by atoms with E-state index >= 15 is 0 Å². The first kappa shape index (κ1) is 22.1. The molecular formula is C23H31N5O4. The summed E-state index contributed by atoms with van der Waals surface area (Å²) in [6.07, 6.45) is 3.89. The zero-order valence-corrected chi connectivity index (χ0v) is 19.1. The lowest BCUT2D eigenvalue weighted by molar-refractivity contribution is 0.121. The van der Waals surface area contributed by atoms with E-state index in [1.165, 1.54) is 7.11 Å². The smallest absolute Gasteiger partial charge is 0.414 e. The van der Waals surface area contributed by atoms with Crippen molar-refractivity contribution in [2.24, 2.45) is 5.92 Å². The highest BCUT2D eigenvalue weighted by Gasteiger charge is 2.36. The lowest BCUT2D eigenvalue weighted by Gasteiger charge is -2.40. The van der Waals surface area contributed by atoms with E-state index in [4.69, 9.17) is 9.47 Å². The fourth-order valence-corrected chi connectivity index (χ4v) is 4.37. The number of aromatic nitrogens is 2. The Labute approximate surface area is 188 Å². The predicted molar refractivity (Wildman–Crippen MR) is 122 cm³/mol. The van der Waals surface area contributed by atoms with Crippen molar-refractivity contribution in [3.05, 3.63) is 30.6 Å². The Hall–Kier alpha value is -3.07. The summed E-state index contributed by atoms with van der Waals surface area (Å²) in [7, 11) is 1.36. The number of amides is 2. The fourth-order valence-electron chi connectivity index (χ4n) is 4.37. The number of ether oxygens (including phenoxy) is 2. The number of anilines is 2. The monoisotopic (exact) mass is 441 g/mol. The van der Waals surface area contributed by atoms with Gasteiger partial charge in [-0.25, -0.2) is 9.59 Å². The number of methoxy groups -OCH3 is 1. The van der Waals surface area contributed by atoms with Crippen molar-refractivity contribution in [1.29, 1.82) is 0 Å². The second-order valence-electron chi connectivity index (χ2n) is 8.75. The van der Waals surface area contributed by atoms with Gasteiger partial charge < -0.3 is 14.8 Å². The largest absolute Gasteiger partial charge is 0.452 e. The number of carbonyl (C=O) groups excluding carboxylic acids is 2. The molecule has 0 unspecified atom stereocenters. The molecule has 2 aliphatic rings. The Morgan fingerprint density at radius 1 is 1.22 bits per heavy atom. The molecule has 1 aromatic heterocycles. The SMILES string of the molecule is COC(=O)N1c2ccc(-c3cnn(C[C@@H]4CCNC4)c3)cc2N(C(=O)OC(C)C)C[C@@H]1C. The minimum Gasteiger partial charge on any atom is -0.452 e. The first-order valence-corrected chi connectivity index (χ1v) is 11.1. The standard InChI is InChI=1S/C23H31N5O4/c1-15(2)32-22(29)27-12-16(3)28(23(30)31-4)20-6-5-18(9-21(20)27)19-11-25-26(14-19)13-17-7-8-24-10-17/h5-6,9,11,14-17,24H,7-8,10,12-13H2,1-4H3/t16-,17+/m0/s1. The molecule has 2 aliphatic heterocycles. The van der Waals surface area contributed by atoms with E-state index in [0.29, 0.717) is 23.8 Å². The number of hydrogen-bond acceptors (Lipinski definition) is 6. The molecule has 2 amide bonds. The topological polar surface area (TPSA) is 88.9 Å². The summed E-state index contributed by atoms with van der Waals surface area (Å²) in [4.78, 5) is 28.5. The number of hydrogen-bond donors (Lipinski definition) is 1. The van der Waals surface area contributed by atoms with Crippen LogP contribution in [-0.4, -0.2) is 60.9 Å². The third kappa shape index (κ3) is 4.43. The minimum absolute atomic E-state index is 0.244. The molecule has 0 bridgehead atoms. The van der Waals surface area contributed by atoms with Gasteiger partial charge in [0.15, 0.2) is 0 Å². The van der Waals surface area contributed by atoms with Gasteiger partial charge in [0.05, 0.1) is 43.4 Å². The molecule has 172 valence electrons. The van der Waals surface area contributed by atoms with Gasteiger partial charge in [0.2, 0.25) is 0 Å². The molecule has 1 N–H and O–H groups in total. The highest BCUT2D eigenvalue weighted by molar-refractivity contribution is 6.01. The third-order valence-corrected chi connectivity index (χ3v) is 5.92. The Morgan fingerprint density at radius 2 is 2.03 bits per heavy atom. The molecule has 9 heteroatoms. The molecule has 0 spiro atoms. The van der Waals surface area contributed by atoms with Crippen LogP contribution in [0.15, 0.2) is 30.6 Å². The zero-order chi connectivity index (χ0) is 22.8.